The van der Waals surface area contributed by atoms with Crippen LogP contribution in [-0.4, -0.2) is 62.1 Å². The monoisotopic (exact) mass is 229 g/mol. The first-order chi connectivity index (χ1) is 5.92. The maximum atomic E-state index is 9.56. The molecule has 0 spiro atoms. The molecule has 0 radical (unpaired) electrons. The van der Waals surface area contributed by atoms with Crippen LogP contribution in [0.4, 0.5) is 0 Å². The van der Waals surface area contributed by atoms with Gasteiger partial charge in [0, 0.05) is 6.04 Å². The van der Waals surface area contributed by atoms with Crippen LogP contribution in [0.2, 0.25) is 0 Å². The summed E-state index contributed by atoms with van der Waals surface area (Å²) in [6.45, 7) is -0.703. The zero-order chi connectivity index (χ0) is 10.2. The van der Waals surface area contributed by atoms with E-state index in [9.17, 15) is 20.4 Å². The van der Waals surface area contributed by atoms with Crippen molar-refractivity contribution in [1.29, 1.82) is 0 Å². The molecule has 1 rings (SSSR count). The van der Waals surface area contributed by atoms with Gasteiger partial charge >= 0.3 is 0 Å². The molecule has 0 heterocycles. The minimum Gasteiger partial charge on any atom is -0.393 e. The lowest BCUT2D eigenvalue weighted by Crippen LogP contribution is -2.66. The Hall–Kier alpha value is 0.0500. The van der Waals surface area contributed by atoms with Gasteiger partial charge in [0.15, 0.2) is 0 Å². The molecule has 0 aliphatic heterocycles. The van der Waals surface area contributed by atoms with Crippen LogP contribution >= 0.6 is 12.4 Å². The Morgan fingerprint density at radius 3 is 2.14 bits per heavy atom. The molecular weight excluding hydrogens is 214 g/mol. The summed E-state index contributed by atoms with van der Waals surface area (Å²) in [6, 6.07) is -0.851. The Balaban J connectivity index is 0.00000169. The number of halogens is 1. The van der Waals surface area contributed by atoms with E-state index in [0.717, 1.165) is 0 Å². The highest BCUT2D eigenvalue weighted by molar-refractivity contribution is 5.85. The zero-order valence-corrected chi connectivity index (χ0v) is 8.26. The summed E-state index contributed by atoms with van der Waals surface area (Å²) in [5.74, 6) is 0. The molecule has 0 unspecified atom stereocenters. The second kappa shape index (κ2) is 4.71. The van der Waals surface area contributed by atoms with Crippen molar-refractivity contribution in [2.45, 2.75) is 36.4 Å². The number of nitrogens with two attached hydrogens (primary N) is 1. The minimum absolute atomic E-state index is 0. The zero-order valence-electron chi connectivity index (χ0n) is 7.45. The summed E-state index contributed by atoms with van der Waals surface area (Å²) < 4.78 is 0. The largest absolute Gasteiger partial charge is 0.393 e. The van der Waals surface area contributed by atoms with Gasteiger partial charge in [0.1, 0.15) is 17.8 Å². The van der Waals surface area contributed by atoms with Gasteiger partial charge in [0.25, 0.3) is 0 Å². The van der Waals surface area contributed by atoms with Crippen molar-refractivity contribution in [3.8, 4) is 0 Å². The maximum Gasteiger partial charge on any atom is 0.118 e. The van der Waals surface area contributed by atoms with Gasteiger partial charge in [0.05, 0.1) is 12.7 Å². The fourth-order valence-corrected chi connectivity index (χ4v) is 1.57. The summed E-state index contributed by atoms with van der Waals surface area (Å²) in [5, 5.41) is 46.1. The molecular formula is C7H16ClNO5. The summed E-state index contributed by atoms with van der Waals surface area (Å²) in [7, 11) is 0. The number of aliphatic hydroxyl groups excluding tert-OH is 4. The molecule has 7 N–H and O–H groups in total. The van der Waals surface area contributed by atoms with Crippen LogP contribution in [0.1, 0.15) is 6.42 Å². The van der Waals surface area contributed by atoms with Gasteiger partial charge in [-0.1, -0.05) is 0 Å². The second-order valence-corrected chi connectivity index (χ2v) is 3.56. The quantitative estimate of drug-likeness (QED) is 0.284. The fourth-order valence-electron chi connectivity index (χ4n) is 1.57. The van der Waals surface area contributed by atoms with Crippen molar-refractivity contribution < 1.29 is 25.5 Å². The summed E-state index contributed by atoms with van der Waals surface area (Å²) in [4.78, 5) is 0. The Morgan fingerprint density at radius 1 is 1.21 bits per heavy atom. The van der Waals surface area contributed by atoms with Gasteiger partial charge < -0.3 is 31.3 Å². The van der Waals surface area contributed by atoms with Crippen molar-refractivity contribution in [3.63, 3.8) is 0 Å². The molecule has 0 saturated heterocycles. The van der Waals surface area contributed by atoms with Gasteiger partial charge in [-0.05, 0) is 6.42 Å². The predicted octanol–water partition coefficient (Wildman–Crippen LogP) is -3.05. The molecule has 0 bridgehead atoms. The molecule has 1 fully saturated rings. The molecule has 0 amide bonds. The van der Waals surface area contributed by atoms with E-state index in [0.29, 0.717) is 0 Å². The molecule has 0 aromatic heterocycles. The first-order valence-electron chi connectivity index (χ1n) is 4.05. The highest BCUT2D eigenvalue weighted by Gasteiger charge is 2.49. The highest BCUT2D eigenvalue weighted by Crippen LogP contribution is 2.28. The number of hydrogen-bond acceptors (Lipinski definition) is 6. The summed E-state index contributed by atoms with van der Waals surface area (Å²) in [6.07, 6.45) is -4.53. The van der Waals surface area contributed by atoms with E-state index in [-0.39, 0.29) is 18.8 Å². The van der Waals surface area contributed by atoms with Crippen LogP contribution in [0.25, 0.3) is 0 Å². The lowest BCUT2D eigenvalue weighted by Gasteiger charge is -2.43. The van der Waals surface area contributed by atoms with Crippen LogP contribution < -0.4 is 5.73 Å². The number of aliphatic hydroxyl groups is 5. The topological polar surface area (TPSA) is 127 Å². The van der Waals surface area contributed by atoms with E-state index in [4.69, 9.17) is 10.8 Å². The average Bonchev–Trinajstić information content (AvgIpc) is 2.12. The lowest BCUT2D eigenvalue weighted by atomic mass is 9.77. The minimum atomic E-state index is -1.82. The van der Waals surface area contributed by atoms with Gasteiger partial charge in [-0.2, -0.15) is 0 Å². The van der Waals surface area contributed by atoms with Crippen molar-refractivity contribution in [3.05, 3.63) is 0 Å². The van der Waals surface area contributed by atoms with Crippen LogP contribution in [0.15, 0.2) is 0 Å². The van der Waals surface area contributed by atoms with E-state index in [1.54, 1.807) is 0 Å². The SMILES string of the molecule is Cl.N[C@H]1C[C@](O)(CO)[C@@H](O)[C@H](O)[C@H]1O. The van der Waals surface area contributed by atoms with E-state index in [2.05, 4.69) is 0 Å². The second-order valence-electron chi connectivity index (χ2n) is 3.56. The van der Waals surface area contributed by atoms with Crippen LogP contribution in [0.5, 0.6) is 0 Å². The first-order valence-corrected chi connectivity index (χ1v) is 4.05. The van der Waals surface area contributed by atoms with Crippen LogP contribution in [0.3, 0.4) is 0 Å². The van der Waals surface area contributed by atoms with Crippen LogP contribution in [-0.2, 0) is 0 Å². The Bertz CT molecular complexity index is 195. The van der Waals surface area contributed by atoms with Crippen LogP contribution in [0, 0.1) is 0 Å². The third kappa shape index (κ3) is 2.17. The normalized spacial score (nSPS) is 48.4. The molecule has 1 saturated carbocycles. The van der Waals surface area contributed by atoms with E-state index < -0.39 is 36.6 Å². The maximum absolute atomic E-state index is 9.56. The van der Waals surface area contributed by atoms with E-state index in [1.807, 2.05) is 0 Å². The van der Waals surface area contributed by atoms with Crippen molar-refractivity contribution >= 4 is 12.4 Å². The van der Waals surface area contributed by atoms with Crippen molar-refractivity contribution in [2.75, 3.05) is 6.61 Å². The number of rotatable bonds is 1. The Labute approximate surface area is 87.4 Å². The Kier molecular flexibility index (Phi) is 4.73. The third-order valence-corrected chi connectivity index (χ3v) is 2.53. The van der Waals surface area contributed by atoms with Crippen molar-refractivity contribution in [1.82, 2.24) is 0 Å². The van der Waals surface area contributed by atoms with Gasteiger partial charge in [-0.3, -0.25) is 0 Å². The molecule has 14 heavy (non-hydrogen) atoms. The lowest BCUT2D eigenvalue weighted by molar-refractivity contribution is -0.203. The predicted molar refractivity (Wildman–Crippen MR) is 49.9 cm³/mol. The van der Waals surface area contributed by atoms with Gasteiger partial charge in [-0.15, -0.1) is 12.4 Å². The molecule has 0 aromatic carbocycles. The summed E-state index contributed by atoms with van der Waals surface area (Å²) >= 11 is 0. The third-order valence-electron chi connectivity index (χ3n) is 2.53. The fraction of sp³-hybridized carbons (Fsp3) is 1.00. The van der Waals surface area contributed by atoms with Crippen molar-refractivity contribution in [2.24, 2.45) is 5.73 Å². The average molecular weight is 230 g/mol. The smallest absolute Gasteiger partial charge is 0.118 e. The molecule has 1 aliphatic carbocycles. The molecule has 6 nitrogen and oxygen atoms in total. The Morgan fingerprint density at radius 2 is 1.71 bits per heavy atom. The molecule has 0 aromatic rings. The first kappa shape index (κ1) is 14.1. The molecule has 1 aliphatic rings. The molecule has 5 atom stereocenters. The molecule has 86 valence electrons. The van der Waals surface area contributed by atoms with E-state index in [1.165, 1.54) is 0 Å². The summed E-state index contributed by atoms with van der Waals surface area (Å²) in [5.41, 5.74) is 3.57. The highest BCUT2D eigenvalue weighted by atomic mass is 35.5. The standard InChI is InChI=1S/C7H15NO5.ClH/c8-3-1-7(13,2-9)6(12)5(11)4(3)10;/h3-6,9-13H,1-2,8H2;1H/t3-,4-,5+,6-,7-;/m0./s1. The molecule has 7 heteroatoms. The number of hydrogen-bond donors (Lipinski definition) is 6. The van der Waals surface area contributed by atoms with Gasteiger partial charge in [-0.25, -0.2) is 0 Å². The van der Waals surface area contributed by atoms with E-state index >= 15 is 0 Å². The van der Waals surface area contributed by atoms with Gasteiger partial charge in [0.2, 0.25) is 0 Å².